The molecule has 0 spiro atoms. The molecule has 2 aromatic rings. The number of hydrogen-bond acceptors (Lipinski definition) is 2. The van der Waals surface area contributed by atoms with E-state index in [1.165, 1.54) is 0 Å². The van der Waals surface area contributed by atoms with Crippen LogP contribution in [0.5, 0.6) is 0 Å². The maximum atomic E-state index is 12.4. The number of carbonyl (C=O) groups excluding carboxylic acids is 1. The van der Waals surface area contributed by atoms with Crippen LogP contribution in [0.2, 0.25) is 0 Å². The number of anilines is 1. The third kappa shape index (κ3) is 3.90. The van der Waals surface area contributed by atoms with E-state index in [1.807, 2.05) is 31.2 Å². The second kappa shape index (κ2) is 6.68. The lowest BCUT2D eigenvalue weighted by molar-refractivity contribution is 0.102. The van der Waals surface area contributed by atoms with Gasteiger partial charge < -0.3 is 11.1 Å². The molecule has 2 rings (SSSR count). The zero-order valence-electron chi connectivity index (χ0n) is 11.1. The minimum Gasteiger partial charge on any atom is -0.389 e. The lowest BCUT2D eigenvalue weighted by atomic mass is 10.1. The first-order valence-electron chi connectivity index (χ1n) is 6.05. The molecule has 6 heteroatoms. The molecule has 0 saturated carbocycles. The van der Waals surface area contributed by atoms with Gasteiger partial charge in [-0.15, -0.1) is 0 Å². The highest BCUT2D eigenvalue weighted by Crippen LogP contribution is 2.24. The highest BCUT2D eigenvalue weighted by atomic mass is 79.9. The molecule has 0 fully saturated rings. The molecule has 3 N–H and O–H groups in total. The van der Waals surface area contributed by atoms with Crippen molar-refractivity contribution >= 4 is 60.7 Å². The molecule has 3 nitrogen and oxygen atoms in total. The van der Waals surface area contributed by atoms with E-state index in [0.29, 0.717) is 16.2 Å². The van der Waals surface area contributed by atoms with Crippen molar-refractivity contribution in [3.05, 3.63) is 62.0 Å². The molecule has 0 aliphatic rings. The average Bonchev–Trinajstić information content (AvgIpc) is 2.43. The Morgan fingerprint density at radius 2 is 1.90 bits per heavy atom. The van der Waals surface area contributed by atoms with Crippen LogP contribution in [0.15, 0.2) is 45.3 Å². The van der Waals surface area contributed by atoms with E-state index in [-0.39, 0.29) is 5.91 Å². The van der Waals surface area contributed by atoms with Gasteiger partial charge in [-0.3, -0.25) is 4.79 Å². The Balaban J connectivity index is 2.33. The van der Waals surface area contributed by atoms with Crippen molar-refractivity contribution in [3.63, 3.8) is 0 Å². The number of carbonyl (C=O) groups is 1. The van der Waals surface area contributed by atoms with Crippen LogP contribution in [0.4, 0.5) is 5.69 Å². The van der Waals surface area contributed by atoms with E-state index in [4.69, 9.17) is 18.0 Å². The monoisotopic (exact) mass is 426 g/mol. The van der Waals surface area contributed by atoms with Crippen LogP contribution in [-0.2, 0) is 0 Å². The van der Waals surface area contributed by atoms with E-state index >= 15 is 0 Å². The fraction of sp³-hybridized carbons (Fsp3) is 0.0667. The van der Waals surface area contributed by atoms with Crippen molar-refractivity contribution in [3.8, 4) is 0 Å². The van der Waals surface area contributed by atoms with Gasteiger partial charge in [-0.25, -0.2) is 0 Å². The van der Waals surface area contributed by atoms with Gasteiger partial charge in [-0.05, 0) is 52.7 Å². The van der Waals surface area contributed by atoms with Gasteiger partial charge in [-0.1, -0.05) is 40.3 Å². The molecule has 0 aliphatic heterocycles. The number of nitrogens with one attached hydrogen (secondary N) is 1. The maximum absolute atomic E-state index is 12.4. The fourth-order valence-electron chi connectivity index (χ4n) is 1.77. The topological polar surface area (TPSA) is 55.1 Å². The molecule has 0 aliphatic carbocycles. The van der Waals surface area contributed by atoms with Crippen LogP contribution in [0.1, 0.15) is 21.5 Å². The molecule has 21 heavy (non-hydrogen) atoms. The molecule has 2 aromatic carbocycles. The summed E-state index contributed by atoms with van der Waals surface area (Å²) in [6, 6.07) is 10.9. The van der Waals surface area contributed by atoms with Crippen molar-refractivity contribution < 1.29 is 4.79 Å². The highest BCUT2D eigenvalue weighted by molar-refractivity contribution is 9.11. The normalized spacial score (nSPS) is 10.2. The van der Waals surface area contributed by atoms with Gasteiger partial charge >= 0.3 is 0 Å². The summed E-state index contributed by atoms with van der Waals surface area (Å²) in [6.45, 7) is 1.91. The predicted octanol–water partition coefficient (Wildman–Crippen LogP) is 4.41. The lowest BCUT2D eigenvalue weighted by Crippen LogP contribution is -2.15. The summed E-state index contributed by atoms with van der Waals surface area (Å²) >= 11 is 11.7. The number of rotatable bonds is 3. The Morgan fingerprint density at radius 1 is 1.19 bits per heavy atom. The Bertz CT molecular complexity index is 732. The van der Waals surface area contributed by atoms with Gasteiger partial charge in [0.15, 0.2) is 0 Å². The van der Waals surface area contributed by atoms with Crippen molar-refractivity contribution in [1.82, 2.24) is 0 Å². The van der Waals surface area contributed by atoms with Crippen LogP contribution in [-0.4, -0.2) is 10.9 Å². The number of halogens is 2. The van der Waals surface area contributed by atoms with E-state index in [9.17, 15) is 4.79 Å². The molecule has 0 bridgehead atoms. The first-order chi connectivity index (χ1) is 9.88. The van der Waals surface area contributed by atoms with Gasteiger partial charge in [-0.2, -0.15) is 0 Å². The van der Waals surface area contributed by atoms with Crippen LogP contribution < -0.4 is 11.1 Å². The Morgan fingerprint density at radius 3 is 2.57 bits per heavy atom. The molecule has 0 heterocycles. The van der Waals surface area contributed by atoms with Crippen LogP contribution >= 0.6 is 44.1 Å². The molecular formula is C15H12Br2N2OS. The van der Waals surface area contributed by atoms with E-state index in [1.54, 1.807) is 12.1 Å². The molecule has 0 atom stereocenters. The quantitative estimate of drug-likeness (QED) is 0.713. The molecular weight excluding hydrogens is 416 g/mol. The van der Waals surface area contributed by atoms with E-state index in [0.717, 1.165) is 20.1 Å². The number of hydrogen-bond donors (Lipinski definition) is 2. The predicted molar refractivity (Wildman–Crippen MR) is 96.9 cm³/mol. The second-order valence-corrected chi connectivity index (χ2v) is 6.68. The van der Waals surface area contributed by atoms with Gasteiger partial charge in [0.05, 0.1) is 5.56 Å². The third-order valence-corrected chi connectivity index (χ3v) is 4.36. The highest BCUT2D eigenvalue weighted by Gasteiger charge is 2.12. The second-order valence-electron chi connectivity index (χ2n) is 4.47. The Hall–Kier alpha value is -1.24. The molecule has 108 valence electrons. The lowest BCUT2D eigenvalue weighted by Gasteiger charge is -2.11. The summed E-state index contributed by atoms with van der Waals surface area (Å²) in [6.07, 6.45) is 0. The first-order valence-corrected chi connectivity index (χ1v) is 8.05. The van der Waals surface area contributed by atoms with E-state index in [2.05, 4.69) is 37.2 Å². The maximum Gasteiger partial charge on any atom is 0.256 e. The van der Waals surface area contributed by atoms with Crippen molar-refractivity contribution in [2.45, 2.75) is 6.92 Å². The van der Waals surface area contributed by atoms with Crippen molar-refractivity contribution in [1.29, 1.82) is 0 Å². The first kappa shape index (κ1) is 16.1. The number of nitrogens with two attached hydrogens (primary N) is 1. The minimum absolute atomic E-state index is 0.202. The molecule has 0 unspecified atom stereocenters. The van der Waals surface area contributed by atoms with Crippen LogP contribution in [0.3, 0.4) is 0 Å². The number of benzene rings is 2. The van der Waals surface area contributed by atoms with Gasteiger partial charge in [0.1, 0.15) is 4.99 Å². The summed E-state index contributed by atoms with van der Waals surface area (Å²) < 4.78 is 1.57. The largest absolute Gasteiger partial charge is 0.389 e. The van der Waals surface area contributed by atoms with E-state index < -0.39 is 0 Å². The standard InChI is InChI=1S/C15H12Br2N2OS/c1-8-2-3-9(14(18)21)6-13(8)19-15(20)11-7-10(16)4-5-12(11)17/h2-7H,1H3,(H2,18,21)(H,19,20). The smallest absolute Gasteiger partial charge is 0.256 e. The summed E-state index contributed by atoms with van der Waals surface area (Å²) in [5.41, 5.74) is 8.52. The summed E-state index contributed by atoms with van der Waals surface area (Å²) in [5, 5.41) is 2.88. The van der Waals surface area contributed by atoms with Gasteiger partial charge in [0.2, 0.25) is 0 Å². The molecule has 1 amide bonds. The zero-order chi connectivity index (χ0) is 15.6. The van der Waals surface area contributed by atoms with Crippen LogP contribution in [0.25, 0.3) is 0 Å². The van der Waals surface area contributed by atoms with Crippen molar-refractivity contribution in [2.75, 3.05) is 5.32 Å². The molecule has 0 saturated heterocycles. The summed E-state index contributed by atoms with van der Waals surface area (Å²) in [5.74, 6) is -0.202. The fourth-order valence-corrected chi connectivity index (χ4v) is 2.69. The number of thiocarbonyl (C=S) groups is 1. The SMILES string of the molecule is Cc1ccc(C(N)=S)cc1NC(=O)c1cc(Br)ccc1Br. The average molecular weight is 428 g/mol. The third-order valence-electron chi connectivity index (χ3n) is 2.94. The summed E-state index contributed by atoms with van der Waals surface area (Å²) in [4.78, 5) is 12.7. The number of aryl methyl sites for hydroxylation is 1. The van der Waals surface area contributed by atoms with Crippen LogP contribution in [0, 0.1) is 6.92 Å². The zero-order valence-corrected chi connectivity index (χ0v) is 15.1. The Labute approximate surface area is 145 Å². The molecule has 0 aromatic heterocycles. The minimum atomic E-state index is -0.202. The Kier molecular flexibility index (Phi) is 5.13. The van der Waals surface area contributed by atoms with Crippen molar-refractivity contribution in [2.24, 2.45) is 5.73 Å². The number of amides is 1. The van der Waals surface area contributed by atoms with Gasteiger partial charge in [0.25, 0.3) is 5.91 Å². The van der Waals surface area contributed by atoms with Gasteiger partial charge in [0, 0.05) is 20.2 Å². The summed E-state index contributed by atoms with van der Waals surface area (Å²) in [7, 11) is 0. The molecule has 0 radical (unpaired) electrons.